The molecule has 0 aliphatic carbocycles. The molecule has 9 heteroatoms. The predicted molar refractivity (Wildman–Crippen MR) is 121 cm³/mol. The van der Waals surface area contributed by atoms with Crippen LogP contribution in [0.4, 0.5) is 10.1 Å². The molecule has 5 rings (SSSR count). The van der Waals surface area contributed by atoms with Crippen LogP contribution < -0.4 is 14.8 Å². The molecule has 1 N–H and O–H groups in total. The second-order valence-electron chi connectivity index (χ2n) is 7.64. The van der Waals surface area contributed by atoms with Gasteiger partial charge in [0.1, 0.15) is 11.6 Å². The summed E-state index contributed by atoms with van der Waals surface area (Å²) in [5.74, 6) is -0.717. The van der Waals surface area contributed by atoms with Crippen LogP contribution in [0.1, 0.15) is 5.56 Å². The number of halogens is 1. The topological polar surface area (TPSA) is 86.6 Å². The van der Waals surface area contributed by atoms with E-state index in [4.69, 9.17) is 9.47 Å². The summed E-state index contributed by atoms with van der Waals surface area (Å²) in [6, 6.07) is 18.0. The van der Waals surface area contributed by atoms with E-state index in [1.54, 1.807) is 59.2 Å². The number of carbonyl (C=O) groups is 1. The Balaban J connectivity index is 1.41. The lowest BCUT2D eigenvalue weighted by Crippen LogP contribution is -2.23. The SMILES string of the molecule is O=C(CS(=O)(=O)c1cn(Cc2cccc(F)c2)c2ccccc12)Nc1ccc2c(c1)OCO2. The van der Waals surface area contributed by atoms with Gasteiger partial charge >= 0.3 is 0 Å². The summed E-state index contributed by atoms with van der Waals surface area (Å²) < 4.78 is 52.2. The van der Waals surface area contributed by atoms with Gasteiger partial charge in [0.25, 0.3) is 0 Å². The molecule has 3 aromatic carbocycles. The predicted octanol–water partition coefficient (Wildman–Crippen LogP) is 3.97. The van der Waals surface area contributed by atoms with E-state index >= 15 is 0 Å². The number of amides is 1. The minimum Gasteiger partial charge on any atom is -0.454 e. The van der Waals surface area contributed by atoms with Crippen molar-refractivity contribution in [1.29, 1.82) is 0 Å². The van der Waals surface area contributed by atoms with Crippen LogP contribution in [0.15, 0.2) is 77.8 Å². The van der Waals surface area contributed by atoms with Gasteiger partial charge in [-0.1, -0.05) is 30.3 Å². The first kappa shape index (κ1) is 21.0. The summed E-state index contributed by atoms with van der Waals surface area (Å²) in [7, 11) is -3.96. The molecule has 7 nitrogen and oxygen atoms in total. The van der Waals surface area contributed by atoms with Crippen molar-refractivity contribution in [2.75, 3.05) is 17.9 Å². The Morgan fingerprint density at radius 3 is 2.67 bits per heavy atom. The molecule has 1 aromatic heterocycles. The largest absolute Gasteiger partial charge is 0.454 e. The lowest BCUT2D eigenvalue weighted by atomic mass is 10.2. The Morgan fingerprint density at radius 2 is 1.82 bits per heavy atom. The van der Waals surface area contributed by atoms with Gasteiger partial charge < -0.3 is 19.4 Å². The second kappa shape index (κ2) is 8.25. The maximum absolute atomic E-state index is 13.6. The van der Waals surface area contributed by atoms with E-state index < -0.39 is 21.5 Å². The van der Waals surface area contributed by atoms with Crippen LogP contribution in [0.25, 0.3) is 10.9 Å². The minimum atomic E-state index is -3.96. The number of anilines is 1. The van der Waals surface area contributed by atoms with Crippen LogP contribution in [-0.4, -0.2) is 31.4 Å². The maximum atomic E-state index is 13.6. The van der Waals surface area contributed by atoms with Gasteiger partial charge in [-0.3, -0.25) is 4.79 Å². The molecular formula is C24H19FN2O5S. The fourth-order valence-corrected chi connectivity index (χ4v) is 5.21. The first-order chi connectivity index (χ1) is 15.9. The molecule has 33 heavy (non-hydrogen) atoms. The van der Waals surface area contributed by atoms with Crippen LogP contribution in [0.2, 0.25) is 0 Å². The number of hydrogen-bond acceptors (Lipinski definition) is 5. The maximum Gasteiger partial charge on any atom is 0.239 e. The van der Waals surface area contributed by atoms with Gasteiger partial charge in [-0.05, 0) is 35.9 Å². The highest BCUT2D eigenvalue weighted by Crippen LogP contribution is 2.34. The molecule has 4 aromatic rings. The molecule has 1 aliphatic rings. The number of nitrogens with zero attached hydrogens (tertiary/aromatic N) is 1. The zero-order chi connectivity index (χ0) is 23.0. The fourth-order valence-electron chi connectivity index (χ4n) is 3.85. The van der Waals surface area contributed by atoms with E-state index in [1.165, 1.54) is 18.3 Å². The van der Waals surface area contributed by atoms with Crippen molar-refractivity contribution in [1.82, 2.24) is 4.57 Å². The zero-order valence-electron chi connectivity index (χ0n) is 17.3. The van der Waals surface area contributed by atoms with Crippen LogP contribution in [0.5, 0.6) is 11.5 Å². The molecule has 0 bridgehead atoms. The third-order valence-corrected chi connectivity index (χ3v) is 6.94. The number of fused-ring (bicyclic) bond motifs is 2. The fraction of sp³-hybridized carbons (Fsp3) is 0.125. The standard InChI is InChI=1S/C24H19FN2O5S/c25-17-5-3-4-16(10-17)12-27-13-23(19-6-1-2-7-20(19)27)33(29,30)14-24(28)26-18-8-9-21-22(11-18)32-15-31-21/h1-11,13H,12,14-15H2,(H,26,28). The first-order valence-electron chi connectivity index (χ1n) is 10.1. The number of sulfone groups is 1. The monoisotopic (exact) mass is 466 g/mol. The van der Waals surface area contributed by atoms with Crippen molar-refractivity contribution in [3.05, 3.63) is 84.3 Å². The Hall–Kier alpha value is -3.85. The molecule has 2 heterocycles. The number of nitrogens with one attached hydrogen (secondary N) is 1. The van der Waals surface area contributed by atoms with Gasteiger partial charge in [0.2, 0.25) is 12.7 Å². The third kappa shape index (κ3) is 4.27. The second-order valence-corrected chi connectivity index (χ2v) is 9.60. The lowest BCUT2D eigenvalue weighted by molar-refractivity contribution is -0.113. The summed E-state index contributed by atoms with van der Waals surface area (Å²) in [4.78, 5) is 12.6. The highest BCUT2D eigenvalue weighted by Gasteiger charge is 2.25. The molecule has 1 aliphatic heterocycles. The van der Waals surface area contributed by atoms with Crippen molar-refractivity contribution in [2.24, 2.45) is 0 Å². The van der Waals surface area contributed by atoms with Crippen molar-refractivity contribution >= 4 is 32.3 Å². The van der Waals surface area contributed by atoms with Gasteiger partial charge in [0.15, 0.2) is 21.3 Å². The molecule has 0 unspecified atom stereocenters. The average Bonchev–Trinajstić information content (AvgIpc) is 3.38. The summed E-state index contributed by atoms with van der Waals surface area (Å²) in [5, 5.41) is 3.10. The molecule has 168 valence electrons. The van der Waals surface area contributed by atoms with Crippen molar-refractivity contribution < 1.29 is 27.1 Å². The lowest BCUT2D eigenvalue weighted by Gasteiger charge is -2.07. The molecule has 0 spiro atoms. The first-order valence-corrected chi connectivity index (χ1v) is 11.8. The number of aromatic nitrogens is 1. The molecule has 1 amide bonds. The number of carbonyl (C=O) groups excluding carboxylic acids is 1. The van der Waals surface area contributed by atoms with E-state index in [1.807, 2.05) is 0 Å². The Kier molecular flexibility index (Phi) is 5.26. The summed E-state index contributed by atoms with van der Waals surface area (Å²) in [6.45, 7) is 0.387. The molecular weight excluding hydrogens is 447 g/mol. The zero-order valence-corrected chi connectivity index (χ0v) is 18.1. The van der Waals surface area contributed by atoms with Crippen LogP contribution >= 0.6 is 0 Å². The van der Waals surface area contributed by atoms with E-state index in [0.29, 0.717) is 33.7 Å². The molecule has 0 fully saturated rings. The van der Waals surface area contributed by atoms with Gasteiger partial charge in [0, 0.05) is 35.4 Å². The van der Waals surface area contributed by atoms with Crippen LogP contribution in [-0.2, 0) is 21.2 Å². The van der Waals surface area contributed by atoms with E-state index in [2.05, 4.69) is 5.32 Å². The van der Waals surface area contributed by atoms with E-state index in [0.717, 1.165) is 0 Å². The number of benzene rings is 3. The smallest absolute Gasteiger partial charge is 0.239 e. The molecule has 0 atom stereocenters. The number of para-hydroxylation sites is 1. The minimum absolute atomic E-state index is 0.0512. The summed E-state index contributed by atoms with van der Waals surface area (Å²) in [6.07, 6.45) is 1.50. The Labute approximate surface area is 189 Å². The quantitative estimate of drug-likeness (QED) is 0.465. The third-order valence-electron chi connectivity index (χ3n) is 5.31. The highest BCUT2D eigenvalue weighted by atomic mass is 32.2. The average molecular weight is 466 g/mol. The van der Waals surface area contributed by atoms with Crippen molar-refractivity contribution in [3.63, 3.8) is 0 Å². The number of hydrogen-bond donors (Lipinski definition) is 1. The van der Waals surface area contributed by atoms with Gasteiger partial charge in [0.05, 0.1) is 4.90 Å². The molecule has 0 saturated heterocycles. The van der Waals surface area contributed by atoms with Crippen LogP contribution in [0, 0.1) is 5.82 Å². The van der Waals surface area contributed by atoms with Gasteiger partial charge in [-0.15, -0.1) is 0 Å². The van der Waals surface area contributed by atoms with Crippen molar-refractivity contribution in [2.45, 2.75) is 11.4 Å². The molecule has 0 radical (unpaired) electrons. The normalized spacial score (nSPS) is 12.8. The van der Waals surface area contributed by atoms with Gasteiger partial charge in [-0.25, -0.2) is 12.8 Å². The highest BCUT2D eigenvalue weighted by molar-refractivity contribution is 7.92. The van der Waals surface area contributed by atoms with Crippen LogP contribution in [0.3, 0.4) is 0 Å². The molecule has 0 saturated carbocycles. The number of ether oxygens (including phenoxy) is 2. The van der Waals surface area contributed by atoms with Crippen molar-refractivity contribution in [3.8, 4) is 11.5 Å². The Morgan fingerprint density at radius 1 is 1.00 bits per heavy atom. The Bertz CT molecular complexity index is 1480. The van der Waals surface area contributed by atoms with E-state index in [9.17, 15) is 17.6 Å². The van der Waals surface area contributed by atoms with E-state index in [-0.39, 0.29) is 24.1 Å². The van der Waals surface area contributed by atoms with Gasteiger partial charge in [-0.2, -0.15) is 0 Å². The summed E-state index contributed by atoms with van der Waals surface area (Å²) in [5.41, 5.74) is 1.78. The summed E-state index contributed by atoms with van der Waals surface area (Å²) >= 11 is 0. The number of rotatable bonds is 6.